The molecule has 0 N–H and O–H groups in total. The average Bonchev–Trinajstić information content (AvgIpc) is 2.46. The predicted molar refractivity (Wildman–Crippen MR) is 59.6 cm³/mol. The Hall–Kier alpha value is -0.370. The Morgan fingerprint density at radius 1 is 1.31 bits per heavy atom. The van der Waals surface area contributed by atoms with E-state index < -0.39 is 0 Å². The fourth-order valence-electron chi connectivity index (χ4n) is 1.33. The van der Waals surface area contributed by atoms with Gasteiger partial charge in [0.15, 0.2) is 0 Å². The molecule has 0 radical (unpaired) electrons. The van der Waals surface area contributed by atoms with Crippen LogP contribution in [0.2, 0.25) is 0 Å². The lowest BCUT2D eigenvalue weighted by Crippen LogP contribution is -1.95. The van der Waals surface area contributed by atoms with Crippen LogP contribution in [-0.4, -0.2) is 4.98 Å². The molecular formula is C11H19NS. The number of thiazole rings is 1. The molecule has 0 amide bonds. The largest absolute Gasteiger partial charge is 0.245 e. The molecule has 0 fully saturated rings. The molecular weight excluding hydrogens is 178 g/mol. The van der Waals surface area contributed by atoms with E-state index >= 15 is 0 Å². The Kier molecular flexibility index (Phi) is 3.48. The Morgan fingerprint density at radius 3 is 2.31 bits per heavy atom. The second-order valence-corrected chi connectivity index (χ2v) is 5.19. The molecule has 0 spiro atoms. The lowest BCUT2D eigenvalue weighted by molar-refractivity contribution is 0.699. The van der Waals surface area contributed by atoms with Crippen LogP contribution in [0.4, 0.5) is 0 Å². The first-order valence-electron chi connectivity index (χ1n) is 5.03. The second kappa shape index (κ2) is 4.23. The third-order valence-electron chi connectivity index (χ3n) is 2.42. The molecule has 0 aliphatic carbocycles. The van der Waals surface area contributed by atoms with Crippen molar-refractivity contribution >= 4 is 11.3 Å². The zero-order chi connectivity index (χ0) is 10.0. The first-order chi connectivity index (χ1) is 6.06. The standard InChI is InChI=1S/C11H19NS/c1-6-8(4)10-9(5)13-11(12-10)7(2)3/h7-8H,6H2,1-5H3. The van der Waals surface area contributed by atoms with Crippen LogP contribution in [0.3, 0.4) is 0 Å². The van der Waals surface area contributed by atoms with E-state index in [1.165, 1.54) is 22.0 Å². The molecule has 1 nitrogen and oxygen atoms in total. The van der Waals surface area contributed by atoms with Crippen molar-refractivity contribution in [3.63, 3.8) is 0 Å². The molecule has 1 aromatic rings. The van der Waals surface area contributed by atoms with Gasteiger partial charge in [-0.25, -0.2) is 4.98 Å². The number of aryl methyl sites for hydroxylation is 1. The van der Waals surface area contributed by atoms with Gasteiger partial charge < -0.3 is 0 Å². The Morgan fingerprint density at radius 2 is 1.92 bits per heavy atom. The quantitative estimate of drug-likeness (QED) is 0.711. The van der Waals surface area contributed by atoms with Crippen LogP contribution < -0.4 is 0 Å². The minimum absolute atomic E-state index is 0.571. The van der Waals surface area contributed by atoms with Crippen molar-refractivity contribution in [3.05, 3.63) is 15.6 Å². The molecule has 0 saturated carbocycles. The normalized spacial score (nSPS) is 13.7. The third-order valence-corrected chi connectivity index (χ3v) is 3.71. The highest BCUT2D eigenvalue weighted by molar-refractivity contribution is 7.11. The van der Waals surface area contributed by atoms with Gasteiger partial charge in [0.25, 0.3) is 0 Å². The van der Waals surface area contributed by atoms with Crippen molar-refractivity contribution in [2.45, 2.75) is 52.9 Å². The molecule has 74 valence electrons. The predicted octanol–water partition coefficient (Wildman–Crippen LogP) is 4.09. The summed E-state index contributed by atoms with van der Waals surface area (Å²) in [6.45, 7) is 11.1. The number of aromatic nitrogens is 1. The molecule has 13 heavy (non-hydrogen) atoms. The molecule has 0 aliphatic rings. The fourth-order valence-corrected chi connectivity index (χ4v) is 2.37. The average molecular weight is 197 g/mol. The van der Waals surface area contributed by atoms with Gasteiger partial charge in [-0.1, -0.05) is 27.7 Å². The highest BCUT2D eigenvalue weighted by atomic mass is 32.1. The monoisotopic (exact) mass is 197 g/mol. The lowest BCUT2D eigenvalue weighted by atomic mass is 10.0. The van der Waals surface area contributed by atoms with Crippen LogP contribution >= 0.6 is 11.3 Å². The fraction of sp³-hybridized carbons (Fsp3) is 0.727. The summed E-state index contributed by atoms with van der Waals surface area (Å²) in [5.74, 6) is 1.19. The minimum atomic E-state index is 0.571. The SMILES string of the molecule is CCC(C)c1nc(C(C)C)sc1C. The van der Waals surface area contributed by atoms with Crippen molar-refractivity contribution < 1.29 is 0 Å². The highest BCUT2D eigenvalue weighted by Crippen LogP contribution is 2.29. The summed E-state index contributed by atoms with van der Waals surface area (Å²) in [5.41, 5.74) is 1.32. The second-order valence-electron chi connectivity index (χ2n) is 3.96. The van der Waals surface area contributed by atoms with E-state index in [0.29, 0.717) is 11.8 Å². The summed E-state index contributed by atoms with van der Waals surface area (Å²) in [6, 6.07) is 0. The van der Waals surface area contributed by atoms with Gasteiger partial charge in [0.1, 0.15) is 0 Å². The molecule has 1 heterocycles. The van der Waals surface area contributed by atoms with Crippen molar-refractivity contribution in [1.29, 1.82) is 0 Å². The number of rotatable bonds is 3. The summed E-state index contributed by atoms with van der Waals surface area (Å²) in [5, 5.41) is 1.28. The summed E-state index contributed by atoms with van der Waals surface area (Å²) >= 11 is 1.86. The summed E-state index contributed by atoms with van der Waals surface area (Å²) in [6.07, 6.45) is 1.18. The van der Waals surface area contributed by atoms with Gasteiger partial charge in [0, 0.05) is 10.8 Å². The first kappa shape index (κ1) is 10.7. The van der Waals surface area contributed by atoms with E-state index in [0.717, 1.165) is 0 Å². The number of nitrogens with zero attached hydrogens (tertiary/aromatic N) is 1. The maximum absolute atomic E-state index is 4.70. The molecule has 0 aliphatic heterocycles. The van der Waals surface area contributed by atoms with E-state index in [1.54, 1.807) is 0 Å². The van der Waals surface area contributed by atoms with Crippen LogP contribution in [0.1, 0.15) is 61.5 Å². The van der Waals surface area contributed by atoms with E-state index in [1.807, 2.05) is 11.3 Å². The van der Waals surface area contributed by atoms with Gasteiger partial charge in [-0.2, -0.15) is 0 Å². The van der Waals surface area contributed by atoms with Gasteiger partial charge in [0.2, 0.25) is 0 Å². The van der Waals surface area contributed by atoms with Crippen molar-refractivity contribution in [1.82, 2.24) is 4.98 Å². The van der Waals surface area contributed by atoms with Gasteiger partial charge >= 0.3 is 0 Å². The van der Waals surface area contributed by atoms with Crippen LogP contribution in [0.5, 0.6) is 0 Å². The zero-order valence-corrected chi connectivity index (χ0v) is 10.0. The maximum atomic E-state index is 4.70. The van der Waals surface area contributed by atoms with Crippen molar-refractivity contribution in [2.75, 3.05) is 0 Å². The molecule has 1 rings (SSSR count). The molecule has 0 aromatic carbocycles. The van der Waals surface area contributed by atoms with Crippen LogP contribution in [-0.2, 0) is 0 Å². The highest BCUT2D eigenvalue weighted by Gasteiger charge is 2.14. The summed E-state index contributed by atoms with van der Waals surface area (Å²) in [4.78, 5) is 6.10. The Balaban J connectivity index is 2.96. The van der Waals surface area contributed by atoms with Gasteiger partial charge in [-0.15, -0.1) is 11.3 Å². The van der Waals surface area contributed by atoms with Crippen LogP contribution in [0.15, 0.2) is 0 Å². The number of hydrogen-bond acceptors (Lipinski definition) is 2. The molecule has 1 atom stereocenters. The van der Waals surface area contributed by atoms with Crippen molar-refractivity contribution in [3.8, 4) is 0 Å². The zero-order valence-electron chi connectivity index (χ0n) is 9.22. The van der Waals surface area contributed by atoms with Crippen LogP contribution in [0, 0.1) is 6.92 Å². The molecule has 0 saturated heterocycles. The van der Waals surface area contributed by atoms with Gasteiger partial charge in [-0.05, 0) is 19.3 Å². The van der Waals surface area contributed by atoms with E-state index in [9.17, 15) is 0 Å². The van der Waals surface area contributed by atoms with E-state index in [2.05, 4.69) is 34.6 Å². The van der Waals surface area contributed by atoms with E-state index in [-0.39, 0.29) is 0 Å². The molecule has 1 unspecified atom stereocenters. The minimum Gasteiger partial charge on any atom is -0.245 e. The molecule has 2 heteroatoms. The first-order valence-corrected chi connectivity index (χ1v) is 5.85. The lowest BCUT2D eigenvalue weighted by Gasteiger charge is -2.05. The van der Waals surface area contributed by atoms with Crippen molar-refractivity contribution in [2.24, 2.45) is 0 Å². The molecule has 0 bridgehead atoms. The number of hydrogen-bond donors (Lipinski definition) is 0. The Labute approximate surface area is 85.2 Å². The Bertz CT molecular complexity index is 276. The van der Waals surface area contributed by atoms with Crippen LogP contribution in [0.25, 0.3) is 0 Å². The topological polar surface area (TPSA) is 12.9 Å². The van der Waals surface area contributed by atoms with Gasteiger partial charge in [-0.3, -0.25) is 0 Å². The van der Waals surface area contributed by atoms with E-state index in [4.69, 9.17) is 4.98 Å². The molecule has 1 aromatic heterocycles. The maximum Gasteiger partial charge on any atom is 0.0956 e. The third kappa shape index (κ3) is 2.31. The smallest absolute Gasteiger partial charge is 0.0956 e. The van der Waals surface area contributed by atoms with Gasteiger partial charge in [0.05, 0.1) is 10.7 Å². The summed E-state index contributed by atoms with van der Waals surface area (Å²) in [7, 11) is 0. The summed E-state index contributed by atoms with van der Waals surface area (Å²) < 4.78 is 0.